The van der Waals surface area contributed by atoms with Crippen LogP contribution in [0.5, 0.6) is 0 Å². The first-order valence-electron chi connectivity index (χ1n) is 7.09. The molecule has 0 aliphatic heterocycles. The van der Waals surface area contributed by atoms with Gasteiger partial charge in [-0.1, -0.05) is 35.1 Å². The van der Waals surface area contributed by atoms with Crippen molar-refractivity contribution in [3.8, 4) is 22.0 Å². The second kappa shape index (κ2) is 6.58. The van der Waals surface area contributed by atoms with Crippen molar-refractivity contribution in [3.63, 3.8) is 0 Å². The van der Waals surface area contributed by atoms with Gasteiger partial charge in [0.15, 0.2) is 11.6 Å². The number of rotatable bonds is 5. The van der Waals surface area contributed by atoms with Crippen LogP contribution in [-0.2, 0) is 5.75 Å². The minimum Gasteiger partial charge on any atom is -0.355 e. The number of aromatic nitrogens is 4. The van der Waals surface area contributed by atoms with E-state index in [0.717, 1.165) is 16.3 Å². The van der Waals surface area contributed by atoms with Gasteiger partial charge in [0.1, 0.15) is 5.82 Å². The van der Waals surface area contributed by atoms with Crippen LogP contribution >= 0.6 is 23.1 Å². The Balaban J connectivity index is 1.45. The molecule has 24 heavy (non-hydrogen) atoms. The predicted molar refractivity (Wildman–Crippen MR) is 91.2 cm³/mol. The number of thiophene rings is 1. The Morgan fingerprint density at radius 1 is 1.21 bits per heavy atom. The number of aromatic amines is 1. The van der Waals surface area contributed by atoms with Crippen LogP contribution < -0.4 is 0 Å². The van der Waals surface area contributed by atoms with E-state index in [9.17, 15) is 4.39 Å². The molecule has 0 unspecified atom stereocenters. The molecule has 0 radical (unpaired) electrons. The van der Waals surface area contributed by atoms with E-state index in [0.29, 0.717) is 22.3 Å². The van der Waals surface area contributed by atoms with Gasteiger partial charge in [0.05, 0.1) is 16.1 Å². The standard InChI is InChI=1S/C16H11FN4OS2/c17-12-5-2-1-4-11(12)15-18-16(20-19-15)24-9-10-8-13(22-21-10)14-6-3-7-23-14/h1-8H,9H2,(H,18,19,20). The Bertz CT molecular complexity index is 949. The van der Waals surface area contributed by atoms with Crippen molar-refractivity contribution in [2.45, 2.75) is 10.9 Å². The molecular weight excluding hydrogens is 347 g/mol. The van der Waals surface area contributed by atoms with E-state index in [-0.39, 0.29) is 5.82 Å². The smallest absolute Gasteiger partial charge is 0.209 e. The highest BCUT2D eigenvalue weighted by Gasteiger charge is 2.12. The zero-order valence-electron chi connectivity index (χ0n) is 12.3. The average Bonchev–Trinajstić information content (AvgIpc) is 3.34. The number of nitrogens with one attached hydrogen (secondary N) is 1. The Labute approximate surface area is 144 Å². The summed E-state index contributed by atoms with van der Waals surface area (Å²) in [7, 11) is 0. The monoisotopic (exact) mass is 358 g/mol. The van der Waals surface area contributed by atoms with Crippen LogP contribution in [0.15, 0.2) is 57.5 Å². The Morgan fingerprint density at radius 2 is 2.12 bits per heavy atom. The van der Waals surface area contributed by atoms with Gasteiger partial charge < -0.3 is 4.52 Å². The van der Waals surface area contributed by atoms with E-state index < -0.39 is 0 Å². The minimum atomic E-state index is -0.331. The SMILES string of the molecule is Fc1ccccc1-c1nc(SCc2cc(-c3cccs3)on2)n[nH]1. The fraction of sp³-hybridized carbons (Fsp3) is 0.0625. The molecule has 1 aromatic carbocycles. The molecule has 0 saturated carbocycles. The predicted octanol–water partition coefficient (Wildman–Crippen LogP) is 4.62. The summed E-state index contributed by atoms with van der Waals surface area (Å²) in [4.78, 5) is 5.35. The summed E-state index contributed by atoms with van der Waals surface area (Å²) in [6, 6.07) is 12.3. The number of nitrogens with zero attached hydrogens (tertiary/aromatic N) is 3. The van der Waals surface area contributed by atoms with Crippen molar-refractivity contribution in [2.24, 2.45) is 0 Å². The molecule has 4 aromatic rings. The third-order valence-corrected chi connectivity index (χ3v) is 5.03. The molecule has 0 aliphatic rings. The molecule has 0 bridgehead atoms. The maximum Gasteiger partial charge on any atom is 0.209 e. The summed E-state index contributed by atoms with van der Waals surface area (Å²) in [6.07, 6.45) is 0. The van der Waals surface area contributed by atoms with Gasteiger partial charge in [-0.15, -0.1) is 16.4 Å². The van der Waals surface area contributed by atoms with Crippen molar-refractivity contribution in [2.75, 3.05) is 0 Å². The maximum absolute atomic E-state index is 13.8. The molecule has 0 aliphatic carbocycles. The van der Waals surface area contributed by atoms with Crippen LogP contribution in [0.1, 0.15) is 5.69 Å². The Morgan fingerprint density at radius 3 is 2.96 bits per heavy atom. The summed E-state index contributed by atoms with van der Waals surface area (Å²) >= 11 is 3.01. The first-order chi connectivity index (χ1) is 11.8. The zero-order valence-corrected chi connectivity index (χ0v) is 13.9. The lowest BCUT2D eigenvalue weighted by Crippen LogP contribution is -1.85. The third kappa shape index (κ3) is 3.10. The number of H-pyrrole nitrogens is 1. The van der Waals surface area contributed by atoms with Gasteiger partial charge in [-0.2, -0.15) is 0 Å². The summed E-state index contributed by atoms with van der Waals surface area (Å²) in [5.41, 5.74) is 1.21. The molecule has 0 fully saturated rings. The maximum atomic E-state index is 13.8. The van der Waals surface area contributed by atoms with E-state index in [2.05, 4.69) is 20.3 Å². The van der Waals surface area contributed by atoms with Gasteiger partial charge >= 0.3 is 0 Å². The molecule has 0 saturated heterocycles. The topological polar surface area (TPSA) is 67.6 Å². The van der Waals surface area contributed by atoms with Crippen molar-refractivity contribution >= 4 is 23.1 Å². The number of benzene rings is 1. The molecule has 3 aromatic heterocycles. The number of halogens is 1. The van der Waals surface area contributed by atoms with Gasteiger partial charge in [-0.25, -0.2) is 9.37 Å². The Hall–Kier alpha value is -2.45. The normalized spacial score (nSPS) is 11.0. The molecule has 8 heteroatoms. The Kier molecular flexibility index (Phi) is 4.14. The molecule has 120 valence electrons. The third-order valence-electron chi connectivity index (χ3n) is 3.27. The fourth-order valence-electron chi connectivity index (χ4n) is 2.14. The molecule has 0 amide bonds. The van der Waals surface area contributed by atoms with E-state index in [1.54, 1.807) is 29.5 Å². The summed E-state index contributed by atoms with van der Waals surface area (Å²) in [6.45, 7) is 0. The molecule has 0 atom stereocenters. The highest BCUT2D eigenvalue weighted by atomic mass is 32.2. The van der Waals surface area contributed by atoms with Crippen LogP contribution in [0.4, 0.5) is 4.39 Å². The van der Waals surface area contributed by atoms with Crippen LogP contribution in [-0.4, -0.2) is 20.3 Å². The minimum absolute atomic E-state index is 0.331. The van der Waals surface area contributed by atoms with E-state index in [1.807, 2.05) is 23.6 Å². The average molecular weight is 358 g/mol. The largest absolute Gasteiger partial charge is 0.355 e. The van der Waals surface area contributed by atoms with Gasteiger partial charge in [0.25, 0.3) is 0 Å². The molecular formula is C16H11FN4OS2. The summed E-state index contributed by atoms with van der Waals surface area (Å²) < 4.78 is 19.1. The fourth-order valence-corrected chi connectivity index (χ4v) is 3.49. The second-order valence-electron chi connectivity index (χ2n) is 4.89. The zero-order chi connectivity index (χ0) is 16.4. The van der Waals surface area contributed by atoms with Crippen LogP contribution in [0.3, 0.4) is 0 Å². The number of thioether (sulfide) groups is 1. The molecule has 3 heterocycles. The quantitative estimate of drug-likeness (QED) is 0.527. The molecule has 4 rings (SSSR count). The van der Waals surface area contributed by atoms with Crippen molar-refractivity contribution < 1.29 is 8.91 Å². The molecule has 0 spiro atoms. The van der Waals surface area contributed by atoms with Crippen molar-refractivity contribution in [3.05, 3.63) is 59.4 Å². The lowest BCUT2D eigenvalue weighted by molar-refractivity contribution is 0.427. The van der Waals surface area contributed by atoms with E-state index in [4.69, 9.17) is 4.52 Å². The summed E-state index contributed by atoms with van der Waals surface area (Å²) in [5.74, 6) is 1.41. The molecule has 5 nitrogen and oxygen atoms in total. The second-order valence-corrected chi connectivity index (χ2v) is 6.79. The number of hydrogen-bond acceptors (Lipinski definition) is 6. The van der Waals surface area contributed by atoms with Crippen LogP contribution in [0.2, 0.25) is 0 Å². The lowest BCUT2D eigenvalue weighted by atomic mass is 10.2. The highest BCUT2D eigenvalue weighted by molar-refractivity contribution is 7.98. The number of hydrogen-bond donors (Lipinski definition) is 1. The van der Waals surface area contributed by atoms with Crippen molar-refractivity contribution in [1.29, 1.82) is 0 Å². The summed E-state index contributed by atoms with van der Waals surface area (Å²) in [5, 5.41) is 13.4. The van der Waals surface area contributed by atoms with Gasteiger partial charge in [-0.3, -0.25) is 5.10 Å². The van der Waals surface area contributed by atoms with Crippen LogP contribution in [0.25, 0.3) is 22.0 Å². The van der Waals surface area contributed by atoms with E-state index >= 15 is 0 Å². The van der Waals surface area contributed by atoms with Crippen LogP contribution in [0, 0.1) is 5.82 Å². The first kappa shape index (κ1) is 15.1. The van der Waals surface area contributed by atoms with Crippen molar-refractivity contribution in [1.82, 2.24) is 20.3 Å². The van der Waals surface area contributed by atoms with Gasteiger partial charge in [0.2, 0.25) is 5.16 Å². The lowest BCUT2D eigenvalue weighted by Gasteiger charge is -1.96. The van der Waals surface area contributed by atoms with E-state index in [1.165, 1.54) is 17.8 Å². The van der Waals surface area contributed by atoms with Gasteiger partial charge in [-0.05, 0) is 23.6 Å². The highest BCUT2D eigenvalue weighted by Crippen LogP contribution is 2.28. The first-order valence-corrected chi connectivity index (χ1v) is 8.96. The molecule has 1 N–H and O–H groups in total. The van der Waals surface area contributed by atoms with Gasteiger partial charge in [0, 0.05) is 11.8 Å².